The summed E-state index contributed by atoms with van der Waals surface area (Å²) >= 11 is 5.62. The SMILES string of the molecule is CC(C)Cc1cc(C=O)n(Cc2ccc(Cl)c(C(F)(F)F)c2)c1. The Balaban J connectivity index is 2.32. The highest BCUT2D eigenvalue weighted by Gasteiger charge is 2.33. The van der Waals surface area contributed by atoms with E-state index in [1.165, 1.54) is 12.1 Å². The van der Waals surface area contributed by atoms with Gasteiger partial charge in [-0.1, -0.05) is 31.5 Å². The lowest BCUT2D eigenvalue weighted by atomic mass is 10.1. The summed E-state index contributed by atoms with van der Waals surface area (Å²) in [6.07, 6.45) is -1.17. The summed E-state index contributed by atoms with van der Waals surface area (Å²) in [5.41, 5.74) is 1.02. The highest BCUT2D eigenvalue weighted by molar-refractivity contribution is 6.31. The molecule has 1 aromatic heterocycles. The number of hydrogen-bond donors (Lipinski definition) is 0. The molecule has 2 nitrogen and oxygen atoms in total. The minimum Gasteiger partial charge on any atom is -0.341 e. The summed E-state index contributed by atoms with van der Waals surface area (Å²) in [6.45, 7) is 4.31. The molecule has 1 aromatic carbocycles. The van der Waals surface area contributed by atoms with E-state index in [9.17, 15) is 18.0 Å². The number of rotatable bonds is 5. The molecule has 0 unspecified atom stereocenters. The minimum atomic E-state index is -4.50. The Morgan fingerprint density at radius 2 is 1.91 bits per heavy atom. The number of aromatic nitrogens is 1. The third kappa shape index (κ3) is 4.38. The number of halogens is 4. The number of carbonyl (C=O) groups excluding carboxylic acids is 1. The number of benzene rings is 1. The van der Waals surface area contributed by atoms with Crippen LogP contribution in [0.1, 0.15) is 41.0 Å². The van der Waals surface area contributed by atoms with Crippen LogP contribution in [0.5, 0.6) is 0 Å². The van der Waals surface area contributed by atoms with Gasteiger partial charge in [-0.2, -0.15) is 13.2 Å². The standard InChI is InChI=1S/C17H17ClF3NO/c1-11(2)5-13-6-14(10-23)22(9-13)8-12-3-4-16(18)15(7-12)17(19,20)21/h3-4,6-7,9-11H,5,8H2,1-2H3. The zero-order chi connectivity index (χ0) is 17.2. The maximum absolute atomic E-state index is 12.9. The zero-order valence-electron chi connectivity index (χ0n) is 12.8. The topological polar surface area (TPSA) is 22.0 Å². The molecule has 0 bridgehead atoms. The normalized spacial score (nSPS) is 12.0. The second-order valence-electron chi connectivity index (χ2n) is 5.93. The number of hydrogen-bond acceptors (Lipinski definition) is 1. The van der Waals surface area contributed by atoms with Crippen molar-refractivity contribution in [2.75, 3.05) is 0 Å². The molecule has 0 aliphatic heterocycles. The van der Waals surface area contributed by atoms with E-state index in [-0.39, 0.29) is 11.6 Å². The van der Waals surface area contributed by atoms with Crippen LogP contribution in [0.2, 0.25) is 5.02 Å². The van der Waals surface area contributed by atoms with Crippen LogP contribution in [0.15, 0.2) is 30.5 Å². The van der Waals surface area contributed by atoms with Crippen molar-refractivity contribution in [2.24, 2.45) is 5.92 Å². The Kier molecular flexibility index (Phi) is 5.19. The quantitative estimate of drug-likeness (QED) is 0.682. The highest BCUT2D eigenvalue weighted by atomic mass is 35.5. The lowest BCUT2D eigenvalue weighted by Crippen LogP contribution is -2.08. The van der Waals surface area contributed by atoms with Crippen LogP contribution in [0.25, 0.3) is 0 Å². The maximum atomic E-state index is 12.9. The first-order chi connectivity index (χ1) is 10.7. The van der Waals surface area contributed by atoms with Crippen molar-refractivity contribution >= 4 is 17.9 Å². The smallest absolute Gasteiger partial charge is 0.341 e. The minimum absolute atomic E-state index is 0.187. The van der Waals surface area contributed by atoms with Crippen molar-refractivity contribution in [3.05, 3.63) is 57.9 Å². The van der Waals surface area contributed by atoms with Crippen LogP contribution in [0.3, 0.4) is 0 Å². The fourth-order valence-corrected chi connectivity index (χ4v) is 2.72. The fraction of sp³-hybridized carbons (Fsp3) is 0.353. The fourth-order valence-electron chi connectivity index (χ4n) is 2.49. The molecule has 2 aromatic rings. The molecule has 0 N–H and O–H groups in total. The van der Waals surface area contributed by atoms with Crippen molar-refractivity contribution in [3.8, 4) is 0 Å². The summed E-state index contributed by atoms with van der Waals surface area (Å²) < 4.78 is 40.4. The van der Waals surface area contributed by atoms with E-state index < -0.39 is 11.7 Å². The lowest BCUT2D eigenvalue weighted by Gasteiger charge is -2.12. The predicted molar refractivity (Wildman–Crippen MR) is 83.9 cm³/mol. The molecule has 0 fully saturated rings. The Labute approximate surface area is 137 Å². The monoisotopic (exact) mass is 343 g/mol. The zero-order valence-corrected chi connectivity index (χ0v) is 13.6. The Hall–Kier alpha value is -1.75. The van der Waals surface area contributed by atoms with Gasteiger partial charge in [0.1, 0.15) is 0 Å². The van der Waals surface area contributed by atoms with Crippen LogP contribution in [-0.2, 0) is 19.1 Å². The van der Waals surface area contributed by atoms with Gasteiger partial charge >= 0.3 is 6.18 Å². The molecule has 0 aliphatic carbocycles. The van der Waals surface area contributed by atoms with Crippen molar-refractivity contribution in [1.82, 2.24) is 4.57 Å². The third-order valence-corrected chi connectivity index (χ3v) is 3.77. The van der Waals surface area contributed by atoms with E-state index >= 15 is 0 Å². The molecule has 0 spiro atoms. The van der Waals surface area contributed by atoms with E-state index in [4.69, 9.17) is 11.6 Å². The molecule has 0 saturated heterocycles. The van der Waals surface area contributed by atoms with Gasteiger partial charge in [-0.25, -0.2) is 0 Å². The molecule has 0 radical (unpaired) electrons. The van der Waals surface area contributed by atoms with Crippen molar-refractivity contribution < 1.29 is 18.0 Å². The summed E-state index contributed by atoms with van der Waals surface area (Å²) in [4.78, 5) is 11.2. The average Bonchev–Trinajstić information content (AvgIpc) is 2.80. The second kappa shape index (κ2) is 6.79. The van der Waals surface area contributed by atoms with Gasteiger partial charge in [0.2, 0.25) is 0 Å². The second-order valence-corrected chi connectivity index (χ2v) is 6.34. The van der Waals surface area contributed by atoms with Gasteiger partial charge in [-0.15, -0.1) is 0 Å². The average molecular weight is 344 g/mol. The predicted octanol–water partition coefficient (Wildman–Crippen LogP) is 5.22. The first kappa shape index (κ1) is 17.6. The van der Waals surface area contributed by atoms with Gasteiger partial charge in [-0.3, -0.25) is 4.79 Å². The first-order valence-corrected chi connectivity index (χ1v) is 7.58. The molecule has 0 atom stereocenters. The molecule has 0 saturated carbocycles. The van der Waals surface area contributed by atoms with Gasteiger partial charge in [0.25, 0.3) is 0 Å². The molecule has 124 valence electrons. The molecular weight excluding hydrogens is 327 g/mol. The summed E-state index contributed by atoms with van der Waals surface area (Å²) in [5.74, 6) is 0.428. The van der Waals surface area contributed by atoms with Crippen LogP contribution in [0, 0.1) is 5.92 Å². The number of aldehydes is 1. The number of carbonyl (C=O) groups is 1. The summed E-state index contributed by atoms with van der Waals surface area (Å²) in [6, 6.07) is 5.57. The molecule has 0 aliphatic rings. The maximum Gasteiger partial charge on any atom is 0.417 e. The molecule has 0 amide bonds. The van der Waals surface area contributed by atoms with Crippen molar-refractivity contribution in [2.45, 2.75) is 33.0 Å². The van der Waals surface area contributed by atoms with E-state index in [2.05, 4.69) is 13.8 Å². The highest BCUT2D eigenvalue weighted by Crippen LogP contribution is 2.35. The Morgan fingerprint density at radius 1 is 1.22 bits per heavy atom. The molecular formula is C17H17ClF3NO. The van der Waals surface area contributed by atoms with E-state index in [0.717, 1.165) is 18.1 Å². The van der Waals surface area contributed by atoms with Gasteiger partial charge in [0.05, 0.1) is 16.3 Å². The van der Waals surface area contributed by atoms with E-state index in [1.807, 2.05) is 6.20 Å². The van der Waals surface area contributed by atoms with Crippen LogP contribution in [0.4, 0.5) is 13.2 Å². The van der Waals surface area contributed by atoms with E-state index in [0.29, 0.717) is 23.5 Å². The van der Waals surface area contributed by atoms with E-state index in [1.54, 1.807) is 10.6 Å². The Bertz CT molecular complexity index is 704. The summed E-state index contributed by atoms with van der Waals surface area (Å²) in [7, 11) is 0. The number of nitrogens with zero attached hydrogens (tertiary/aromatic N) is 1. The van der Waals surface area contributed by atoms with Gasteiger partial charge in [-0.05, 0) is 41.7 Å². The van der Waals surface area contributed by atoms with Gasteiger partial charge in [0.15, 0.2) is 6.29 Å². The molecule has 23 heavy (non-hydrogen) atoms. The van der Waals surface area contributed by atoms with Crippen LogP contribution in [-0.4, -0.2) is 10.9 Å². The molecule has 6 heteroatoms. The van der Waals surface area contributed by atoms with Gasteiger partial charge < -0.3 is 4.57 Å². The van der Waals surface area contributed by atoms with Crippen LogP contribution < -0.4 is 0 Å². The Morgan fingerprint density at radius 3 is 2.48 bits per heavy atom. The third-order valence-electron chi connectivity index (χ3n) is 3.44. The number of alkyl halides is 3. The first-order valence-electron chi connectivity index (χ1n) is 7.20. The van der Waals surface area contributed by atoms with Crippen molar-refractivity contribution in [3.63, 3.8) is 0 Å². The molecule has 1 heterocycles. The van der Waals surface area contributed by atoms with Gasteiger partial charge in [0, 0.05) is 12.7 Å². The lowest BCUT2D eigenvalue weighted by molar-refractivity contribution is -0.137. The van der Waals surface area contributed by atoms with Crippen LogP contribution >= 0.6 is 11.6 Å². The summed E-state index contributed by atoms with van der Waals surface area (Å²) in [5, 5.41) is -0.329. The largest absolute Gasteiger partial charge is 0.417 e. The van der Waals surface area contributed by atoms with Crippen molar-refractivity contribution in [1.29, 1.82) is 0 Å². The molecule has 2 rings (SSSR count).